The molecule has 0 bridgehead atoms. The second kappa shape index (κ2) is 10.8. The molecule has 0 spiro atoms. The Bertz CT molecular complexity index is 406. The van der Waals surface area contributed by atoms with Gasteiger partial charge in [0.15, 0.2) is 0 Å². The summed E-state index contributed by atoms with van der Waals surface area (Å²) in [7, 11) is 1.17. The number of nitrogens with one attached hydrogen (secondary N) is 1. The molecule has 1 rings (SSSR count). The molecule has 0 aromatic heterocycles. The Hall–Kier alpha value is -0.870. The Morgan fingerprint density at radius 1 is 1.14 bits per heavy atom. The minimum absolute atomic E-state index is 0.146. The molecule has 21 heavy (non-hydrogen) atoms. The van der Waals surface area contributed by atoms with E-state index in [1.165, 1.54) is 18.4 Å². The summed E-state index contributed by atoms with van der Waals surface area (Å²) in [5.74, 6) is 2.39. The summed E-state index contributed by atoms with van der Waals surface area (Å²) in [5.41, 5.74) is 1.17. The maximum absolute atomic E-state index is 12.1. The third-order valence-corrected chi connectivity index (χ3v) is 4.88. The maximum atomic E-state index is 12.1. The lowest BCUT2D eigenvalue weighted by Crippen LogP contribution is -2.23. The van der Waals surface area contributed by atoms with Gasteiger partial charge in [0.05, 0.1) is 6.61 Å². The third kappa shape index (κ3) is 7.09. The van der Waals surface area contributed by atoms with Crippen molar-refractivity contribution in [1.82, 2.24) is 5.32 Å². The van der Waals surface area contributed by atoms with Crippen LogP contribution >= 0.6 is 0 Å². The van der Waals surface area contributed by atoms with Crippen LogP contribution in [0.4, 0.5) is 0 Å². The summed E-state index contributed by atoms with van der Waals surface area (Å²) in [6.07, 6.45) is 4.41. The van der Waals surface area contributed by atoms with Gasteiger partial charge in [0.25, 0.3) is 0 Å². The van der Waals surface area contributed by atoms with Crippen molar-refractivity contribution >= 4 is 10.8 Å². The van der Waals surface area contributed by atoms with Gasteiger partial charge in [-0.2, -0.15) is 0 Å². The second-order valence-electron chi connectivity index (χ2n) is 5.28. The number of rotatable bonds is 11. The van der Waals surface area contributed by atoms with Crippen molar-refractivity contribution in [3.63, 3.8) is 0 Å². The molecule has 0 fully saturated rings. The first kappa shape index (κ1) is 18.2. The summed E-state index contributed by atoms with van der Waals surface area (Å²) < 4.78 is 17.7. The Labute approximate surface area is 131 Å². The molecular weight excluding hydrogens is 282 g/mol. The molecule has 2 atom stereocenters. The lowest BCUT2D eigenvalue weighted by atomic mass is 10.1. The van der Waals surface area contributed by atoms with Gasteiger partial charge in [-0.3, -0.25) is 4.21 Å². The minimum atomic E-state index is -0.756. The molecule has 120 valence electrons. The lowest BCUT2D eigenvalue weighted by Gasteiger charge is -2.17. The molecule has 1 aromatic rings. The van der Waals surface area contributed by atoms with Crippen LogP contribution in [0.15, 0.2) is 24.3 Å². The Morgan fingerprint density at radius 2 is 1.86 bits per heavy atom. The molecule has 4 heteroatoms. The third-order valence-electron chi connectivity index (χ3n) is 3.43. The highest BCUT2D eigenvalue weighted by Crippen LogP contribution is 2.19. The van der Waals surface area contributed by atoms with Gasteiger partial charge in [0, 0.05) is 28.3 Å². The minimum Gasteiger partial charge on any atom is -0.494 e. The van der Waals surface area contributed by atoms with Crippen molar-refractivity contribution in [2.24, 2.45) is 0 Å². The van der Waals surface area contributed by atoms with Crippen molar-refractivity contribution in [2.75, 3.05) is 25.2 Å². The molecule has 0 radical (unpaired) electrons. The monoisotopic (exact) mass is 311 g/mol. The molecule has 0 aliphatic heterocycles. The first-order chi connectivity index (χ1) is 10.2. The fourth-order valence-electron chi connectivity index (χ4n) is 2.14. The van der Waals surface area contributed by atoms with Crippen LogP contribution in [0.5, 0.6) is 5.75 Å². The SMILES string of the molecule is CCCCCS(=O)CC(NC)c1ccc(OCCC)cc1. The highest BCUT2D eigenvalue weighted by molar-refractivity contribution is 7.85. The zero-order valence-corrected chi connectivity index (χ0v) is 14.4. The van der Waals surface area contributed by atoms with E-state index < -0.39 is 10.8 Å². The van der Waals surface area contributed by atoms with Crippen molar-refractivity contribution in [3.05, 3.63) is 29.8 Å². The van der Waals surface area contributed by atoms with Gasteiger partial charge in [-0.1, -0.05) is 38.8 Å². The van der Waals surface area contributed by atoms with E-state index in [0.717, 1.165) is 31.0 Å². The topological polar surface area (TPSA) is 38.3 Å². The fraction of sp³-hybridized carbons (Fsp3) is 0.647. The molecule has 1 aromatic carbocycles. The van der Waals surface area contributed by atoms with Crippen molar-refractivity contribution < 1.29 is 8.95 Å². The van der Waals surface area contributed by atoms with Crippen LogP contribution in [-0.4, -0.2) is 29.4 Å². The Kier molecular flexibility index (Phi) is 9.35. The number of benzene rings is 1. The number of ether oxygens (including phenoxy) is 1. The summed E-state index contributed by atoms with van der Waals surface area (Å²) in [6.45, 7) is 5.01. The number of unbranched alkanes of at least 4 members (excludes halogenated alkanes) is 2. The van der Waals surface area contributed by atoms with Crippen LogP contribution in [-0.2, 0) is 10.8 Å². The number of hydrogen-bond acceptors (Lipinski definition) is 3. The second-order valence-corrected chi connectivity index (χ2v) is 6.90. The predicted molar refractivity (Wildman–Crippen MR) is 91.4 cm³/mol. The van der Waals surface area contributed by atoms with Crippen LogP contribution in [0.25, 0.3) is 0 Å². The van der Waals surface area contributed by atoms with E-state index in [1.54, 1.807) is 0 Å². The number of hydrogen-bond donors (Lipinski definition) is 1. The van der Waals surface area contributed by atoms with E-state index in [1.807, 2.05) is 19.2 Å². The molecule has 3 nitrogen and oxygen atoms in total. The van der Waals surface area contributed by atoms with Crippen molar-refractivity contribution in [3.8, 4) is 5.75 Å². The van der Waals surface area contributed by atoms with Gasteiger partial charge < -0.3 is 10.1 Å². The van der Waals surface area contributed by atoms with Crippen LogP contribution in [0, 0.1) is 0 Å². The van der Waals surface area contributed by atoms with E-state index >= 15 is 0 Å². The van der Waals surface area contributed by atoms with E-state index in [-0.39, 0.29) is 6.04 Å². The Balaban J connectivity index is 2.52. The molecule has 1 N–H and O–H groups in total. The molecule has 2 unspecified atom stereocenters. The van der Waals surface area contributed by atoms with E-state index in [9.17, 15) is 4.21 Å². The average molecular weight is 311 g/mol. The highest BCUT2D eigenvalue weighted by Gasteiger charge is 2.13. The van der Waals surface area contributed by atoms with Gasteiger partial charge in [-0.25, -0.2) is 0 Å². The van der Waals surface area contributed by atoms with Crippen LogP contribution in [0.2, 0.25) is 0 Å². The first-order valence-electron chi connectivity index (χ1n) is 7.96. The lowest BCUT2D eigenvalue weighted by molar-refractivity contribution is 0.317. The molecule has 0 aliphatic carbocycles. The van der Waals surface area contributed by atoms with Gasteiger partial charge in [0.1, 0.15) is 5.75 Å². The van der Waals surface area contributed by atoms with Crippen LogP contribution < -0.4 is 10.1 Å². The zero-order valence-electron chi connectivity index (χ0n) is 13.6. The normalized spacial score (nSPS) is 13.9. The van der Waals surface area contributed by atoms with Gasteiger partial charge in [-0.15, -0.1) is 0 Å². The van der Waals surface area contributed by atoms with Crippen molar-refractivity contribution in [2.45, 2.75) is 45.6 Å². The molecule has 0 saturated heterocycles. The standard InChI is InChI=1S/C17H29NO2S/c1-4-6-7-13-21(19)14-17(18-3)15-8-10-16(11-9-15)20-12-5-2/h8-11,17-18H,4-7,12-14H2,1-3H3. The molecule has 0 amide bonds. The summed E-state index contributed by atoms with van der Waals surface area (Å²) >= 11 is 0. The molecule has 0 heterocycles. The molecule has 0 aliphatic rings. The summed E-state index contributed by atoms with van der Waals surface area (Å²) in [5, 5.41) is 3.27. The van der Waals surface area contributed by atoms with Crippen molar-refractivity contribution in [1.29, 1.82) is 0 Å². The first-order valence-corrected chi connectivity index (χ1v) is 9.45. The summed E-state index contributed by atoms with van der Waals surface area (Å²) in [4.78, 5) is 0. The van der Waals surface area contributed by atoms with Gasteiger partial charge >= 0.3 is 0 Å². The van der Waals surface area contributed by atoms with E-state index in [0.29, 0.717) is 5.75 Å². The quantitative estimate of drug-likeness (QED) is 0.634. The van der Waals surface area contributed by atoms with E-state index in [2.05, 4.69) is 31.3 Å². The highest BCUT2D eigenvalue weighted by atomic mass is 32.2. The molecule has 0 saturated carbocycles. The fourth-order valence-corrected chi connectivity index (χ4v) is 3.57. The van der Waals surface area contributed by atoms with Gasteiger partial charge in [0.2, 0.25) is 0 Å². The van der Waals surface area contributed by atoms with Crippen LogP contribution in [0.1, 0.15) is 51.1 Å². The zero-order chi connectivity index (χ0) is 15.5. The van der Waals surface area contributed by atoms with Gasteiger partial charge in [-0.05, 0) is 37.6 Å². The smallest absolute Gasteiger partial charge is 0.119 e. The summed E-state index contributed by atoms with van der Waals surface area (Å²) in [6, 6.07) is 8.27. The van der Waals surface area contributed by atoms with Crippen LogP contribution in [0.3, 0.4) is 0 Å². The average Bonchev–Trinajstić information content (AvgIpc) is 2.51. The maximum Gasteiger partial charge on any atom is 0.119 e. The largest absolute Gasteiger partial charge is 0.494 e. The predicted octanol–water partition coefficient (Wildman–Crippen LogP) is 3.67. The Morgan fingerprint density at radius 3 is 2.43 bits per heavy atom. The molecular formula is C17H29NO2S. The van der Waals surface area contributed by atoms with E-state index in [4.69, 9.17) is 4.74 Å².